The molecule has 1 aromatic carbocycles. The predicted octanol–water partition coefficient (Wildman–Crippen LogP) is 3.59. The van der Waals surface area contributed by atoms with Crippen molar-refractivity contribution in [1.29, 1.82) is 5.26 Å². The number of anilines is 3. The van der Waals surface area contributed by atoms with Crippen molar-refractivity contribution in [3.05, 3.63) is 47.1 Å². The van der Waals surface area contributed by atoms with Crippen LogP contribution in [0.3, 0.4) is 0 Å². The third kappa shape index (κ3) is 3.24. The Kier molecular flexibility index (Phi) is 4.72. The number of nitrogens with one attached hydrogen (secondary N) is 2. The molecule has 0 atom stereocenters. The highest BCUT2D eigenvalue weighted by Gasteiger charge is 2.26. The zero-order valence-electron chi connectivity index (χ0n) is 17.7. The lowest BCUT2D eigenvalue weighted by molar-refractivity contribution is -0.779. The number of nitriles is 1. The molecular weight excluding hydrogens is 440 g/mol. The predicted molar refractivity (Wildman–Crippen MR) is 125 cm³/mol. The Morgan fingerprint density at radius 1 is 1.33 bits per heavy atom. The van der Waals surface area contributed by atoms with Crippen molar-refractivity contribution in [3.8, 4) is 17.2 Å². The molecule has 5 rings (SSSR count). The molecule has 0 saturated carbocycles. The summed E-state index contributed by atoms with van der Waals surface area (Å²) in [4.78, 5) is 21.3. The van der Waals surface area contributed by atoms with Crippen molar-refractivity contribution in [1.82, 2.24) is 15.2 Å². The minimum absolute atomic E-state index is 0.0732. The van der Waals surface area contributed by atoms with E-state index < -0.39 is 5.91 Å². The summed E-state index contributed by atoms with van der Waals surface area (Å²) in [5.74, 6) is -0.201. The topological polar surface area (TPSA) is 164 Å². The number of pyridine rings is 1. The number of amides is 1. The zero-order valence-corrected chi connectivity index (χ0v) is 18.5. The molecule has 164 valence electrons. The molecule has 0 aliphatic rings. The Morgan fingerprint density at radius 2 is 2.15 bits per heavy atom. The highest BCUT2D eigenvalue weighted by molar-refractivity contribution is 7.21. The SMILES string of the molecule is CC(C)[n+]1cc(NC(=O)c2sc3nc(N)c(C#N)c(-c4cccc5[nH]ccc45)c3c2N)on1. The Hall–Kier alpha value is -4.43. The van der Waals surface area contributed by atoms with Gasteiger partial charge in [-0.05, 0) is 36.2 Å². The van der Waals surface area contributed by atoms with Crippen LogP contribution in [0, 0.1) is 11.3 Å². The summed E-state index contributed by atoms with van der Waals surface area (Å²) in [5.41, 5.74) is 15.3. The van der Waals surface area contributed by atoms with E-state index >= 15 is 0 Å². The molecule has 0 aliphatic carbocycles. The molecule has 1 amide bonds. The number of H-pyrrole nitrogens is 1. The van der Waals surface area contributed by atoms with Gasteiger partial charge in [-0.3, -0.25) is 14.6 Å². The van der Waals surface area contributed by atoms with Gasteiger partial charge >= 0.3 is 5.88 Å². The average molecular weight is 460 g/mol. The first-order chi connectivity index (χ1) is 15.9. The van der Waals surface area contributed by atoms with Crippen LogP contribution in [0.2, 0.25) is 0 Å². The second kappa shape index (κ2) is 7.61. The van der Waals surface area contributed by atoms with Gasteiger partial charge in [0.2, 0.25) is 5.27 Å². The summed E-state index contributed by atoms with van der Waals surface area (Å²) < 4.78 is 6.77. The van der Waals surface area contributed by atoms with Crippen molar-refractivity contribution < 1.29 is 14.0 Å². The van der Waals surface area contributed by atoms with Crippen molar-refractivity contribution in [2.45, 2.75) is 19.9 Å². The van der Waals surface area contributed by atoms with Gasteiger partial charge in [0.15, 0.2) is 6.04 Å². The molecule has 0 bridgehead atoms. The molecule has 4 aromatic heterocycles. The van der Waals surface area contributed by atoms with E-state index in [4.69, 9.17) is 16.0 Å². The standard InChI is InChI=1S/C22H18N8O2S/c1-10(2)30-9-15(32-29-30)27-21(31)19-18(24)17-16(13(8-23)20(25)28-22(17)33-19)12-4-3-5-14-11(12)6-7-26-14/h3-7,9-10H,1-2H3,(H5-,24,25,26,27,28,29,31)/p+1. The van der Waals surface area contributed by atoms with Crippen LogP contribution in [-0.4, -0.2) is 21.1 Å². The van der Waals surface area contributed by atoms with E-state index in [1.54, 1.807) is 10.9 Å². The summed E-state index contributed by atoms with van der Waals surface area (Å²) in [6.45, 7) is 3.88. The normalized spacial score (nSPS) is 11.3. The van der Waals surface area contributed by atoms with Gasteiger partial charge in [0.25, 0.3) is 12.1 Å². The molecule has 4 heterocycles. The van der Waals surface area contributed by atoms with Crippen LogP contribution in [0.1, 0.15) is 35.1 Å². The Labute approximate surface area is 191 Å². The number of benzene rings is 1. The number of aromatic nitrogens is 4. The summed E-state index contributed by atoms with van der Waals surface area (Å²) in [5, 5.41) is 17.8. The second-order valence-corrected chi connectivity index (χ2v) is 8.72. The Bertz CT molecular complexity index is 1590. The first kappa shape index (κ1) is 20.5. The van der Waals surface area contributed by atoms with Gasteiger partial charge in [0, 0.05) is 28.0 Å². The molecule has 0 saturated heterocycles. The van der Waals surface area contributed by atoms with Gasteiger partial charge in [-0.25, -0.2) is 4.98 Å². The van der Waals surface area contributed by atoms with E-state index in [9.17, 15) is 10.1 Å². The number of nitrogen functional groups attached to an aromatic ring is 2. The van der Waals surface area contributed by atoms with E-state index in [2.05, 4.69) is 26.6 Å². The number of nitrogens with zero attached hydrogens (tertiary/aromatic N) is 4. The van der Waals surface area contributed by atoms with Gasteiger partial charge in [-0.1, -0.05) is 12.1 Å². The fourth-order valence-electron chi connectivity index (χ4n) is 3.75. The summed E-state index contributed by atoms with van der Waals surface area (Å²) >= 11 is 1.10. The van der Waals surface area contributed by atoms with E-state index in [0.29, 0.717) is 15.8 Å². The maximum Gasteiger partial charge on any atom is 0.302 e. The monoisotopic (exact) mass is 459 g/mol. The summed E-state index contributed by atoms with van der Waals surface area (Å²) in [7, 11) is 0. The third-order valence-electron chi connectivity index (χ3n) is 5.34. The van der Waals surface area contributed by atoms with E-state index in [1.807, 2.05) is 44.3 Å². The lowest BCUT2D eigenvalue weighted by Gasteiger charge is -2.11. The molecule has 0 aliphatic heterocycles. The molecule has 5 aromatic rings. The van der Waals surface area contributed by atoms with Crippen LogP contribution in [0.5, 0.6) is 0 Å². The molecular formula is C22H19N8O2S+. The molecule has 0 radical (unpaired) electrons. The lowest BCUT2D eigenvalue weighted by atomic mass is 9.94. The lowest BCUT2D eigenvalue weighted by Crippen LogP contribution is -2.36. The molecule has 0 spiro atoms. The molecule has 0 unspecified atom stereocenters. The van der Waals surface area contributed by atoms with Gasteiger partial charge in [-0.2, -0.15) is 5.26 Å². The fourth-order valence-corrected chi connectivity index (χ4v) is 4.76. The zero-order chi connectivity index (χ0) is 23.3. The number of nitrogens with two attached hydrogens (primary N) is 2. The summed E-state index contributed by atoms with van der Waals surface area (Å²) in [6.07, 6.45) is 3.41. The number of hydrogen-bond acceptors (Lipinski definition) is 8. The Balaban J connectivity index is 1.69. The number of rotatable bonds is 4. The van der Waals surface area contributed by atoms with E-state index in [0.717, 1.165) is 27.8 Å². The minimum atomic E-state index is -0.467. The van der Waals surface area contributed by atoms with Gasteiger partial charge < -0.3 is 16.5 Å². The fraction of sp³-hybridized carbons (Fsp3) is 0.136. The number of fused-ring (bicyclic) bond motifs is 2. The van der Waals surface area contributed by atoms with Gasteiger partial charge in [0.05, 0.1) is 5.69 Å². The number of carbonyl (C=O) groups excluding carboxylic acids is 1. The first-order valence-corrected chi connectivity index (χ1v) is 10.9. The van der Waals surface area contributed by atoms with Crippen molar-refractivity contribution >= 4 is 55.8 Å². The minimum Gasteiger partial charge on any atom is -0.397 e. The van der Waals surface area contributed by atoms with Gasteiger partial charge in [0.1, 0.15) is 27.2 Å². The molecule has 33 heavy (non-hydrogen) atoms. The van der Waals surface area contributed by atoms with Gasteiger partial charge in [-0.15, -0.1) is 11.3 Å². The molecule has 10 nitrogen and oxygen atoms in total. The highest BCUT2D eigenvalue weighted by atomic mass is 32.1. The first-order valence-electron chi connectivity index (χ1n) is 10.1. The number of thiophene rings is 1. The van der Waals surface area contributed by atoms with Crippen LogP contribution in [-0.2, 0) is 0 Å². The van der Waals surface area contributed by atoms with E-state index in [1.165, 1.54) is 0 Å². The molecule has 11 heteroatoms. The van der Waals surface area contributed by atoms with Crippen molar-refractivity contribution in [3.63, 3.8) is 0 Å². The van der Waals surface area contributed by atoms with Crippen LogP contribution in [0.25, 0.3) is 32.2 Å². The highest BCUT2D eigenvalue weighted by Crippen LogP contribution is 2.44. The molecule has 6 N–H and O–H groups in total. The average Bonchev–Trinajstić information content (AvgIpc) is 3.51. The smallest absolute Gasteiger partial charge is 0.302 e. The van der Waals surface area contributed by atoms with Crippen LogP contribution < -0.4 is 21.5 Å². The number of carbonyl (C=O) groups is 1. The molecule has 0 fully saturated rings. The Morgan fingerprint density at radius 3 is 2.88 bits per heavy atom. The number of hydrogen-bond donors (Lipinski definition) is 4. The van der Waals surface area contributed by atoms with Crippen molar-refractivity contribution in [2.24, 2.45) is 0 Å². The quantitative estimate of drug-likeness (QED) is 0.298. The van der Waals surface area contributed by atoms with Crippen LogP contribution in [0.4, 0.5) is 17.4 Å². The third-order valence-corrected chi connectivity index (χ3v) is 6.43. The maximum absolute atomic E-state index is 13.0. The maximum atomic E-state index is 13.0. The van der Waals surface area contributed by atoms with E-state index in [-0.39, 0.29) is 33.9 Å². The van der Waals surface area contributed by atoms with Crippen LogP contribution >= 0.6 is 11.3 Å². The largest absolute Gasteiger partial charge is 0.397 e. The van der Waals surface area contributed by atoms with Crippen molar-refractivity contribution in [2.75, 3.05) is 16.8 Å². The summed E-state index contributed by atoms with van der Waals surface area (Å²) in [6, 6.07) is 9.84. The van der Waals surface area contributed by atoms with Crippen LogP contribution in [0.15, 0.2) is 41.2 Å². The number of aromatic amines is 1. The second-order valence-electron chi connectivity index (χ2n) is 7.72.